The molecule has 0 amide bonds. The van der Waals surface area contributed by atoms with Crippen LogP contribution in [0.2, 0.25) is 0 Å². The van der Waals surface area contributed by atoms with Gasteiger partial charge in [-0.25, -0.2) is 21.6 Å². The number of nitrogens with zero attached hydrogens (tertiary/aromatic N) is 1. The van der Waals surface area contributed by atoms with Crippen molar-refractivity contribution in [3.8, 4) is 17.6 Å². The van der Waals surface area contributed by atoms with Crippen molar-refractivity contribution >= 4 is 15.8 Å². The number of carbonyl (C=O) groups excluding carboxylic acids is 1. The zero-order valence-corrected chi connectivity index (χ0v) is 16.0. The van der Waals surface area contributed by atoms with Crippen molar-refractivity contribution in [1.29, 1.82) is 5.26 Å². The highest BCUT2D eigenvalue weighted by atomic mass is 32.2. The van der Waals surface area contributed by atoms with Gasteiger partial charge in [-0.05, 0) is 24.3 Å². The van der Waals surface area contributed by atoms with Crippen LogP contribution in [0.15, 0.2) is 35.2 Å². The fourth-order valence-corrected chi connectivity index (χ4v) is 4.12. The van der Waals surface area contributed by atoms with Gasteiger partial charge in [-0.2, -0.15) is 5.26 Å². The SMILES string of the molecule is CC(=O)O[C@H]1c2c(S(C)(=O)=O)ccc(Oc3cc(F)cc(C#N)c3)c2[C@H](F)[C@H]1F. The lowest BCUT2D eigenvalue weighted by Gasteiger charge is -2.17. The van der Waals surface area contributed by atoms with E-state index in [9.17, 15) is 26.4 Å². The van der Waals surface area contributed by atoms with Crippen LogP contribution in [0.3, 0.4) is 0 Å². The summed E-state index contributed by atoms with van der Waals surface area (Å²) < 4.78 is 77.6. The maximum absolute atomic E-state index is 14.8. The predicted molar refractivity (Wildman–Crippen MR) is 94.0 cm³/mol. The first kappa shape index (κ1) is 20.7. The second-order valence-corrected chi connectivity index (χ2v) is 8.41. The van der Waals surface area contributed by atoms with Crippen LogP contribution in [0.25, 0.3) is 0 Å². The van der Waals surface area contributed by atoms with E-state index in [2.05, 4.69) is 0 Å². The van der Waals surface area contributed by atoms with E-state index >= 15 is 0 Å². The van der Waals surface area contributed by atoms with Gasteiger partial charge < -0.3 is 9.47 Å². The molecular formula is C19H14F3NO5S. The summed E-state index contributed by atoms with van der Waals surface area (Å²) in [5, 5.41) is 8.93. The summed E-state index contributed by atoms with van der Waals surface area (Å²) in [6, 6.07) is 6.95. The molecule has 0 unspecified atom stereocenters. The number of sulfone groups is 1. The molecule has 0 saturated carbocycles. The number of ether oxygens (including phenoxy) is 2. The Balaban J connectivity index is 2.20. The van der Waals surface area contributed by atoms with E-state index in [1.165, 1.54) is 6.07 Å². The number of hydrogen-bond acceptors (Lipinski definition) is 6. The molecule has 152 valence electrons. The molecule has 6 nitrogen and oxygen atoms in total. The number of alkyl halides is 2. The van der Waals surface area contributed by atoms with Gasteiger partial charge in [-0.3, -0.25) is 4.79 Å². The zero-order chi connectivity index (χ0) is 21.5. The Morgan fingerprint density at radius 1 is 1.17 bits per heavy atom. The Kier molecular flexibility index (Phi) is 5.28. The number of rotatable bonds is 4. The normalized spacial score (nSPS) is 20.6. The van der Waals surface area contributed by atoms with Crippen molar-refractivity contribution in [3.63, 3.8) is 0 Å². The van der Waals surface area contributed by atoms with Crippen LogP contribution in [-0.2, 0) is 19.4 Å². The van der Waals surface area contributed by atoms with Crippen molar-refractivity contribution in [1.82, 2.24) is 0 Å². The Morgan fingerprint density at radius 2 is 1.86 bits per heavy atom. The highest BCUT2D eigenvalue weighted by Gasteiger charge is 2.48. The molecule has 0 heterocycles. The molecule has 0 bridgehead atoms. The molecule has 1 aliphatic carbocycles. The number of benzene rings is 2. The quantitative estimate of drug-likeness (QED) is 0.691. The van der Waals surface area contributed by atoms with Gasteiger partial charge in [0.15, 0.2) is 28.3 Å². The van der Waals surface area contributed by atoms with E-state index < -0.39 is 50.5 Å². The van der Waals surface area contributed by atoms with Crippen molar-refractivity contribution in [2.24, 2.45) is 0 Å². The molecule has 0 spiro atoms. The average molecular weight is 425 g/mol. The maximum Gasteiger partial charge on any atom is 0.303 e. The summed E-state index contributed by atoms with van der Waals surface area (Å²) in [7, 11) is -3.93. The molecule has 0 aliphatic heterocycles. The van der Waals surface area contributed by atoms with E-state index in [4.69, 9.17) is 14.7 Å². The van der Waals surface area contributed by atoms with E-state index in [-0.39, 0.29) is 22.6 Å². The fraction of sp³-hybridized carbons (Fsp3) is 0.263. The molecule has 0 saturated heterocycles. The van der Waals surface area contributed by atoms with Crippen molar-refractivity contribution in [2.45, 2.75) is 30.3 Å². The lowest BCUT2D eigenvalue weighted by molar-refractivity contribution is -0.150. The standard InChI is InChI=1S/C19H14F3NO5S/c1-9(24)27-19-16-14(29(2,25)26)4-3-13(15(16)17(21)18(19)22)28-12-6-10(8-23)5-11(20)7-12/h3-7,17-19H,1-2H3/t17-,18+,19-/m0/s1. The topological polar surface area (TPSA) is 93.5 Å². The van der Waals surface area contributed by atoms with Gasteiger partial charge in [0.25, 0.3) is 0 Å². The Labute approximate surface area is 164 Å². The Hall–Kier alpha value is -3.06. The molecule has 3 atom stereocenters. The number of carbonyl (C=O) groups is 1. The number of halogens is 3. The van der Waals surface area contributed by atoms with Crippen molar-refractivity contribution in [2.75, 3.05) is 6.26 Å². The van der Waals surface area contributed by atoms with Gasteiger partial charge in [0, 0.05) is 30.4 Å². The molecular weight excluding hydrogens is 411 g/mol. The number of hydrogen-bond donors (Lipinski definition) is 0. The average Bonchev–Trinajstić information content (AvgIpc) is 2.85. The summed E-state index contributed by atoms with van der Waals surface area (Å²) in [6.07, 6.45) is -5.65. The summed E-state index contributed by atoms with van der Waals surface area (Å²) in [5.74, 6) is -2.17. The van der Waals surface area contributed by atoms with E-state index in [0.717, 1.165) is 37.4 Å². The summed E-state index contributed by atoms with van der Waals surface area (Å²) in [6.45, 7) is 0.981. The Morgan fingerprint density at radius 3 is 2.45 bits per heavy atom. The van der Waals surface area contributed by atoms with Crippen LogP contribution in [-0.4, -0.2) is 26.8 Å². The third kappa shape index (κ3) is 3.91. The maximum atomic E-state index is 14.8. The molecule has 29 heavy (non-hydrogen) atoms. The fourth-order valence-electron chi connectivity index (χ4n) is 3.17. The van der Waals surface area contributed by atoms with Crippen LogP contribution < -0.4 is 4.74 Å². The predicted octanol–water partition coefficient (Wildman–Crippen LogP) is 3.86. The van der Waals surface area contributed by atoms with Crippen LogP contribution in [0.5, 0.6) is 11.5 Å². The van der Waals surface area contributed by atoms with Gasteiger partial charge in [0.05, 0.1) is 16.5 Å². The van der Waals surface area contributed by atoms with Gasteiger partial charge >= 0.3 is 5.97 Å². The molecule has 1 aliphatic rings. The number of esters is 1. The monoisotopic (exact) mass is 425 g/mol. The smallest absolute Gasteiger partial charge is 0.303 e. The number of nitriles is 1. The van der Waals surface area contributed by atoms with Gasteiger partial charge in [0.2, 0.25) is 0 Å². The second kappa shape index (κ2) is 7.40. The van der Waals surface area contributed by atoms with Crippen LogP contribution in [0.1, 0.15) is 35.9 Å². The third-order valence-corrected chi connectivity index (χ3v) is 5.41. The highest BCUT2D eigenvalue weighted by Crippen LogP contribution is 2.52. The van der Waals surface area contributed by atoms with Gasteiger partial charge in [-0.15, -0.1) is 0 Å². The minimum Gasteiger partial charge on any atom is -0.457 e. The summed E-state index contributed by atoms with van der Waals surface area (Å²) >= 11 is 0. The van der Waals surface area contributed by atoms with E-state index in [1.807, 2.05) is 0 Å². The molecule has 0 radical (unpaired) electrons. The summed E-state index contributed by atoms with van der Waals surface area (Å²) in [4.78, 5) is 10.9. The van der Waals surface area contributed by atoms with Crippen molar-refractivity contribution < 1.29 is 35.9 Å². The minimum absolute atomic E-state index is 0.0673. The summed E-state index contributed by atoms with van der Waals surface area (Å²) in [5.41, 5.74) is -0.881. The minimum atomic E-state index is -3.93. The molecule has 0 fully saturated rings. The molecule has 3 rings (SSSR count). The zero-order valence-electron chi connectivity index (χ0n) is 15.1. The molecule has 10 heteroatoms. The van der Waals surface area contributed by atoms with Crippen LogP contribution >= 0.6 is 0 Å². The lowest BCUT2D eigenvalue weighted by atomic mass is 10.1. The molecule has 2 aromatic rings. The van der Waals surface area contributed by atoms with Crippen LogP contribution in [0, 0.1) is 17.1 Å². The molecule has 0 aromatic heterocycles. The second-order valence-electron chi connectivity index (χ2n) is 6.43. The number of fused-ring (bicyclic) bond motifs is 1. The lowest BCUT2D eigenvalue weighted by Crippen LogP contribution is -2.18. The first-order chi connectivity index (χ1) is 13.5. The van der Waals surface area contributed by atoms with E-state index in [1.54, 1.807) is 6.07 Å². The molecule has 2 aromatic carbocycles. The van der Waals surface area contributed by atoms with Gasteiger partial charge in [0.1, 0.15) is 17.3 Å². The van der Waals surface area contributed by atoms with Gasteiger partial charge in [-0.1, -0.05) is 0 Å². The first-order valence-electron chi connectivity index (χ1n) is 8.23. The largest absolute Gasteiger partial charge is 0.457 e. The third-order valence-electron chi connectivity index (χ3n) is 4.26. The van der Waals surface area contributed by atoms with E-state index in [0.29, 0.717) is 0 Å². The Bertz CT molecular complexity index is 1140. The molecule has 0 N–H and O–H groups in total. The van der Waals surface area contributed by atoms with Crippen molar-refractivity contribution in [3.05, 3.63) is 52.8 Å². The highest BCUT2D eigenvalue weighted by molar-refractivity contribution is 7.90. The van der Waals surface area contributed by atoms with Crippen LogP contribution in [0.4, 0.5) is 13.2 Å². The first-order valence-corrected chi connectivity index (χ1v) is 10.1.